The number of carbonyl (C=O) groups excluding carboxylic acids is 3. The zero-order valence-electron chi connectivity index (χ0n) is 24.1. The van der Waals surface area contributed by atoms with Crippen LogP contribution in [0.25, 0.3) is 10.9 Å². The van der Waals surface area contributed by atoms with E-state index in [1.807, 2.05) is 91.2 Å². The van der Waals surface area contributed by atoms with Gasteiger partial charge in [0.05, 0.1) is 29.3 Å². The first-order chi connectivity index (χ1) is 19.7. The Bertz CT molecular complexity index is 1580. The van der Waals surface area contributed by atoms with Gasteiger partial charge in [-0.25, -0.2) is 0 Å². The number of aryl methyl sites for hydroxylation is 1. The lowest BCUT2D eigenvalue weighted by atomic mass is 9.92. The molecule has 2 aromatic carbocycles. The van der Waals surface area contributed by atoms with Gasteiger partial charge in [-0.1, -0.05) is 30.3 Å². The Hall–Kier alpha value is -4.46. The van der Waals surface area contributed by atoms with Crippen LogP contribution in [0.3, 0.4) is 0 Å². The number of para-hydroxylation sites is 1. The third kappa shape index (κ3) is 5.73. The molecule has 4 aromatic rings. The Balaban J connectivity index is 1.52. The zero-order chi connectivity index (χ0) is 29.1. The van der Waals surface area contributed by atoms with Crippen LogP contribution in [0.2, 0.25) is 0 Å². The lowest BCUT2D eigenvalue weighted by Crippen LogP contribution is -2.40. The van der Waals surface area contributed by atoms with Crippen molar-refractivity contribution in [1.29, 1.82) is 0 Å². The minimum absolute atomic E-state index is 0.00769. The van der Waals surface area contributed by atoms with Gasteiger partial charge in [-0.3, -0.25) is 14.6 Å². The van der Waals surface area contributed by atoms with Crippen LogP contribution in [-0.4, -0.2) is 52.7 Å². The zero-order valence-corrected chi connectivity index (χ0v) is 24.1. The average Bonchev–Trinajstić information content (AvgIpc) is 3.26. The molecular weight excluding hydrogens is 514 g/mol. The number of carbonyl (C=O) groups is 3. The van der Waals surface area contributed by atoms with Gasteiger partial charge in [0, 0.05) is 63.1 Å². The summed E-state index contributed by atoms with van der Waals surface area (Å²) in [6.45, 7) is 4.78. The highest BCUT2D eigenvalue weighted by molar-refractivity contribution is 6.01. The smallest absolute Gasteiger partial charge is 0.234 e. The van der Waals surface area contributed by atoms with Crippen LogP contribution in [0.1, 0.15) is 43.0 Å². The number of aldehydes is 1. The minimum Gasteiger partial charge on any atom is -0.382 e. The first kappa shape index (κ1) is 28.1. The average molecular weight is 552 g/mol. The van der Waals surface area contributed by atoms with Crippen LogP contribution in [0.5, 0.6) is 0 Å². The maximum atomic E-state index is 14.1. The molecule has 0 saturated carbocycles. The maximum absolute atomic E-state index is 14.1. The highest BCUT2D eigenvalue weighted by Gasteiger charge is 2.35. The SMILES string of the molecule is CN1C(=O)C(C)(C)CNc2ccc(C(CC=O)N(CCc3cccnc3)C(=O)Cc3cn(C)c4ccccc34)cc21. The van der Waals surface area contributed by atoms with Gasteiger partial charge in [0.2, 0.25) is 11.8 Å². The summed E-state index contributed by atoms with van der Waals surface area (Å²) >= 11 is 0. The second kappa shape index (κ2) is 11.6. The van der Waals surface area contributed by atoms with E-state index in [0.717, 1.165) is 45.3 Å². The van der Waals surface area contributed by atoms with E-state index in [2.05, 4.69) is 10.3 Å². The molecule has 1 N–H and O–H groups in total. The van der Waals surface area contributed by atoms with Crippen molar-refractivity contribution >= 4 is 40.4 Å². The number of amides is 2. The molecular formula is C33H37N5O3. The first-order valence-electron chi connectivity index (χ1n) is 14.0. The Morgan fingerprint density at radius 1 is 1.15 bits per heavy atom. The molecule has 3 heterocycles. The van der Waals surface area contributed by atoms with Gasteiger partial charge in [-0.2, -0.15) is 0 Å². The second-order valence-corrected chi connectivity index (χ2v) is 11.5. The molecule has 2 aromatic heterocycles. The van der Waals surface area contributed by atoms with E-state index in [1.165, 1.54) is 0 Å². The monoisotopic (exact) mass is 551 g/mol. The molecule has 0 aliphatic carbocycles. The molecule has 0 saturated heterocycles. The number of hydrogen-bond acceptors (Lipinski definition) is 5. The number of aromatic nitrogens is 2. The van der Waals surface area contributed by atoms with Gasteiger partial charge in [-0.05, 0) is 61.2 Å². The third-order valence-corrected chi connectivity index (χ3v) is 8.07. The van der Waals surface area contributed by atoms with Gasteiger partial charge >= 0.3 is 0 Å². The Morgan fingerprint density at radius 3 is 2.71 bits per heavy atom. The number of fused-ring (bicyclic) bond motifs is 2. The van der Waals surface area contributed by atoms with Crippen molar-refractivity contribution in [2.24, 2.45) is 12.5 Å². The van der Waals surface area contributed by atoms with Crippen LogP contribution in [0, 0.1) is 5.41 Å². The van der Waals surface area contributed by atoms with Crippen LogP contribution in [0.4, 0.5) is 11.4 Å². The van der Waals surface area contributed by atoms with E-state index in [1.54, 1.807) is 24.3 Å². The third-order valence-electron chi connectivity index (χ3n) is 8.07. The summed E-state index contributed by atoms with van der Waals surface area (Å²) in [6, 6.07) is 17.3. The fourth-order valence-corrected chi connectivity index (χ4v) is 5.75. The topological polar surface area (TPSA) is 87.5 Å². The number of nitrogens with zero attached hydrogens (tertiary/aromatic N) is 4. The molecule has 1 aliphatic rings. The minimum atomic E-state index is -0.569. The predicted molar refractivity (Wildman–Crippen MR) is 162 cm³/mol. The standard InChI is InChI=1S/C33H37N5O3/c1-33(2)22-35-27-12-11-24(18-30(27)37(4)32(33)41)28(14-17-39)38(16-13-23-8-7-15-34-20-23)31(40)19-25-21-36(3)29-10-6-5-9-26(25)29/h5-12,15,17-18,20-21,28,35H,13-14,16,19,22H2,1-4H3. The predicted octanol–water partition coefficient (Wildman–Crippen LogP) is 4.93. The van der Waals surface area contributed by atoms with Crippen molar-refractivity contribution in [2.45, 2.75) is 39.2 Å². The lowest BCUT2D eigenvalue weighted by Gasteiger charge is -2.32. The summed E-state index contributed by atoms with van der Waals surface area (Å²) in [5.74, 6) is -0.0518. The highest BCUT2D eigenvalue weighted by atomic mass is 16.2. The maximum Gasteiger partial charge on any atom is 0.234 e. The quantitative estimate of drug-likeness (QED) is 0.298. The number of pyridine rings is 1. The molecule has 8 nitrogen and oxygen atoms in total. The Morgan fingerprint density at radius 2 is 1.95 bits per heavy atom. The van der Waals surface area contributed by atoms with Crippen molar-refractivity contribution in [3.05, 3.63) is 89.9 Å². The van der Waals surface area contributed by atoms with Crippen LogP contribution < -0.4 is 10.2 Å². The van der Waals surface area contributed by atoms with Crippen molar-refractivity contribution in [3.8, 4) is 0 Å². The van der Waals surface area contributed by atoms with Crippen molar-refractivity contribution < 1.29 is 14.4 Å². The fourth-order valence-electron chi connectivity index (χ4n) is 5.75. The largest absolute Gasteiger partial charge is 0.382 e. The summed E-state index contributed by atoms with van der Waals surface area (Å²) in [6.07, 6.45) is 7.36. The molecule has 0 fully saturated rings. The number of nitrogens with one attached hydrogen (secondary N) is 1. The molecule has 8 heteroatoms. The Kier molecular flexibility index (Phi) is 7.92. The van der Waals surface area contributed by atoms with Crippen molar-refractivity contribution in [3.63, 3.8) is 0 Å². The number of hydrogen-bond donors (Lipinski definition) is 1. The lowest BCUT2D eigenvalue weighted by molar-refractivity contribution is -0.133. The first-order valence-corrected chi connectivity index (χ1v) is 14.0. The van der Waals surface area contributed by atoms with Crippen LogP contribution >= 0.6 is 0 Å². The van der Waals surface area contributed by atoms with E-state index in [9.17, 15) is 14.4 Å². The molecule has 5 rings (SSSR count). The van der Waals surface area contributed by atoms with Crippen LogP contribution in [0.15, 0.2) is 73.2 Å². The second-order valence-electron chi connectivity index (χ2n) is 11.5. The molecule has 1 aliphatic heterocycles. The molecule has 41 heavy (non-hydrogen) atoms. The fraction of sp³-hybridized carbons (Fsp3) is 0.333. The number of anilines is 2. The van der Waals surface area contributed by atoms with Gasteiger partial charge in [0.25, 0.3) is 0 Å². The molecule has 2 amide bonds. The van der Waals surface area contributed by atoms with E-state index in [0.29, 0.717) is 19.5 Å². The van der Waals surface area contributed by atoms with E-state index >= 15 is 0 Å². The Labute approximate surface area is 241 Å². The molecule has 0 radical (unpaired) electrons. The summed E-state index contributed by atoms with van der Waals surface area (Å²) in [4.78, 5) is 47.1. The molecule has 1 atom stereocenters. The van der Waals surface area contributed by atoms with E-state index in [4.69, 9.17) is 0 Å². The normalized spacial score (nSPS) is 15.1. The summed E-state index contributed by atoms with van der Waals surface area (Å²) in [5.41, 5.74) is 4.86. The van der Waals surface area contributed by atoms with Gasteiger partial charge < -0.3 is 24.5 Å². The summed E-state index contributed by atoms with van der Waals surface area (Å²) in [7, 11) is 3.76. The van der Waals surface area contributed by atoms with Gasteiger partial charge in [0.15, 0.2) is 0 Å². The van der Waals surface area contributed by atoms with Crippen LogP contribution in [-0.2, 0) is 34.3 Å². The molecule has 0 spiro atoms. The van der Waals surface area contributed by atoms with E-state index < -0.39 is 11.5 Å². The summed E-state index contributed by atoms with van der Waals surface area (Å²) in [5, 5.41) is 4.45. The highest BCUT2D eigenvalue weighted by Crippen LogP contribution is 2.37. The molecule has 212 valence electrons. The molecule has 0 bridgehead atoms. The van der Waals surface area contributed by atoms with E-state index in [-0.39, 0.29) is 24.7 Å². The van der Waals surface area contributed by atoms with Crippen molar-refractivity contribution in [2.75, 3.05) is 30.4 Å². The number of benzene rings is 2. The summed E-state index contributed by atoms with van der Waals surface area (Å²) < 4.78 is 2.04. The van der Waals surface area contributed by atoms with Crippen molar-refractivity contribution in [1.82, 2.24) is 14.5 Å². The molecule has 1 unspecified atom stereocenters. The van der Waals surface area contributed by atoms with Gasteiger partial charge in [-0.15, -0.1) is 0 Å². The van der Waals surface area contributed by atoms with Gasteiger partial charge in [0.1, 0.15) is 6.29 Å². The number of rotatable bonds is 9.